The second kappa shape index (κ2) is 8.44. The molecule has 2 rings (SSSR count). The van der Waals surface area contributed by atoms with Crippen LogP contribution >= 0.6 is 12.4 Å². The predicted molar refractivity (Wildman–Crippen MR) is 97.5 cm³/mol. The number of benzene rings is 2. The second-order valence-corrected chi connectivity index (χ2v) is 5.62. The molecule has 0 saturated carbocycles. The predicted octanol–water partition coefficient (Wildman–Crippen LogP) is 4.14. The van der Waals surface area contributed by atoms with Crippen LogP contribution in [-0.2, 0) is 4.79 Å². The summed E-state index contributed by atoms with van der Waals surface area (Å²) in [5.74, 6) is 0.865. The minimum Gasteiger partial charge on any atom is -0.483 e. The molecule has 0 unspecified atom stereocenters. The number of hydrogen-bond acceptors (Lipinski definition) is 3. The minimum absolute atomic E-state index is 0. The molecule has 2 aromatic carbocycles. The summed E-state index contributed by atoms with van der Waals surface area (Å²) in [6.07, 6.45) is 0. The maximum atomic E-state index is 12.0. The van der Waals surface area contributed by atoms with Gasteiger partial charge in [-0.2, -0.15) is 0 Å². The maximum absolute atomic E-state index is 12.0. The lowest BCUT2D eigenvalue weighted by Gasteiger charge is -2.15. The van der Waals surface area contributed by atoms with E-state index in [9.17, 15) is 4.79 Å². The van der Waals surface area contributed by atoms with Gasteiger partial charge in [-0.25, -0.2) is 0 Å². The van der Waals surface area contributed by atoms with E-state index >= 15 is 0 Å². The first kappa shape index (κ1) is 18.8. The summed E-state index contributed by atoms with van der Waals surface area (Å²) in [4.78, 5) is 12.0. The van der Waals surface area contributed by atoms with Crippen molar-refractivity contribution in [2.24, 2.45) is 0 Å². The summed E-state index contributed by atoms with van der Waals surface area (Å²) in [5.41, 5.74) is 9.14. The van der Waals surface area contributed by atoms with Crippen LogP contribution < -0.4 is 15.8 Å². The lowest BCUT2D eigenvalue weighted by atomic mass is 10.0. The van der Waals surface area contributed by atoms with Crippen molar-refractivity contribution >= 4 is 29.7 Å². The summed E-state index contributed by atoms with van der Waals surface area (Å²) in [6, 6.07) is 13.2. The number of hydrogen-bond donors (Lipinski definition) is 2. The van der Waals surface area contributed by atoms with Gasteiger partial charge in [-0.3, -0.25) is 4.79 Å². The van der Waals surface area contributed by atoms with Gasteiger partial charge in [0.2, 0.25) is 0 Å². The summed E-state index contributed by atoms with van der Waals surface area (Å²) >= 11 is 0. The van der Waals surface area contributed by atoms with Gasteiger partial charge in [0, 0.05) is 0 Å². The number of carbonyl (C=O) groups is 1. The van der Waals surface area contributed by atoms with Crippen molar-refractivity contribution in [2.45, 2.75) is 26.7 Å². The molecule has 0 atom stereocenters. The molecule has 0 fully saturated rings. The molecule has 0 bridgehead atoms. The maximum Gasteiger partial charge on any atom is 0.262 e. The fourth-order valence-electron chi connectivity index (χ4n) is 2.18. The molecule has 23 heavy (non-hydrogen) atoms. The van der Waals surface area contributed by atoms with Crippen LogP contribution in [-0.4, -0.2) is 12.5 Å². The largest absolute Gasteiger partial charge is 0.483 e. The normalized spacial score (nSPS) is 10.1. The van der Waals surface area contributed by atoms with Crippen molar-refractivity contribution < 1.29 is 9.53 Å². The zero-order chi connectivity index (χ0) is 16.1. The number of para-hydroxylation sites is 2. The lowest BCUT2D eigenvalue weighted by molar-refractivity contribution is -0.118. The molecular weight excluding hydrogens is 312 g/mol. The molecule has 2 aromatic rings. The smallest absolute Gasteiger partial charge is 0.262 e. The van der Waals surface area contributed by atoms with E-state index in [-0.39, 0.29) is 24.9 Å². The average Bonchev–Trinajstić information content (AvgIpc) is 2.47. The molecule has 0 aliphatic rings. The number of carbonyl (C=O) groups excluding carboxylic acids is 1. The van der Waals surface area contributed by atoms with Crippen LogP contribution in [0.15, 0.2) is 42.5 Å². The van der Waals surface area contributed by atoms with E-state index < -0.39 is 0 Å². The molecule has 0 aliphatic heterocycles. The van der Waals surface area contributed by atoms with Gasteiger partial charge in [-0.15, -0.1) is 12.4 Å². The number of nitrogen functional groups attached to an aromatic ring is 1. The molecule has 5 heteroatoms. The molecule has 0 heterocycles. The Hall–Kier alpha value is -2.20. The standard InChI is InChI=1S/C18H22N2O2.ClH/c1-12(2)14-9-8-13(3)10-17(14)22-11-18(21)20-16-7-5-4-6-15(16)19;/h4-10,12H,11,19H2,1-3H3,(H,20,21);1H. The number of halogens is 1. The van der Waals surface area contributed by atoms with Crippen LogP contribution in [0, 0.1) is 6.92 Å². The van der Waals surface area contributed by atoms with Crippen molar-refractivity contribution in [1.29, 1.82) is 0 Å². The van der Waals surface area contributed by atoms with E-state index in [2.05, 4.69) is 19.2 Å². The summed E-state index contributed by atoms with van der Waals surface area (Å²) in [7, 11) is 0. The van der Waals surface area contributed by atoms with Crippen molar-refractivity contribution in [3.63, 3.8) is 0 Å². The Morgan fingerprint density at radius 1 is 1.22 bits per heavy atom. The van der Waals surface area contributed by atoms with Gasteiger partial charge in [0.05, 0.1) is 11.4 Å². The van der Waals surface area contributed by atoms with Crippen LogP contribution in [0.25, 0.3) is 0 Å². The van der Waals surface area contributed by atoms with E-state index in [4.69, 9.17) is 10.5 Å². The molecule has 0 aromatic heterocycles. The Morgan fingerprint density at radius 3 is 2.57 bits per heavy atom. The third-order valence-corrected chi connectivity index (χ3v) is 3.38. The lowest BCUT2D eigenvalue weighted by Crippen LogP contribution is -2.21. The van der Waals surface area contributed by atoms with Gasteiger partial charge in [0.25, 0.3) is 5.91 Å². The summed E-state index contributed by atoms with van der Waals surface area (Å²) in [6.45, 7) is 6.16. The van der Waals surface area contributed by atoms with Crippen LogP contribution in [0.5, 0.6) is 5.75 Å². The first-order valence-electron chi connectivity index (χ1n) is 7.35. The van der Waals surface area contributed by atoms with Crippen molar-refractivity contribution in [1.82, 2.24) is 0 Å². The highest BCUT2D eigenvalue weighted by atomic mass is 35.5. The Morgan fingerprint density at radius 2 is 1.91 bits per heavy atom. The molecule has 3 N–H and O–H groups in total. The van der Waals surface area contributed by atoms with Gasteiger partial charge in [-0.1, -0.05) is 38.1 Å². The molecule has 0 radical (unpaired) electrons. The highest BCUT2D eigenvalue weighted by Crippen LogP contribution is 2.27. The molecule has 0 saturated heterocycles. The molecule has 4 nitrogen and oxygen atoms in total. The third kappa shape index (κ3) is 5.18. The van der Waals surface area contributed by atoms with Gasteiger partial charge in [0.15, 0.2) is 6.61 Å². The number of aryl methyl sites for hydroxylation is 1. The number of rotatable bonds is 5. The number of nitrogens with two attached hydrogens (primary N) is 1. The van der Waals surface area contributed by atoms with Crippen LogP contribution in [0.3, 0.4) is 0 Å². The molecular formula is C18H23ClN2O2. The Kier molecular flexibility index (Phi) is 6.91. The van der Waals surface area contributed by atoms with E-state index in [1.165, 1.54) is 0 Å². The second-order valence-electron chi connectivity index (χ2n) is 5.62. The SMILES string of the molecule is Cc1ccc(C(C)C)c(OCC(=O)Nc2ccccc2N)c1.Cl. The quantitative estimate of drug-likeness (QED) is 0.808. The fraction of sp³-hybridized carbons (Fsp3) is 0.278. The van der Waals surface area contributed by atoms with E-state index in [1.807, 2.05) is 37.3 Å². The van der Waals surface area contributed by atoms with Crippen LogP contribution in [0.1, 0.15) is 30.9 Å². The number of amides is 1. The van der Waals surface area contributed by atoms with E-state index in [0.717, 1.165) is 16.9 Å². The Labute approximate surface area is 143 Å². The monoisotopic (exact) mass is 334 g/mol. The molecule has 0 spiro atoms. The van der Waals surface area contributed by atoms with Crippen molar-refractivity contribution in [3.05, 3.63) is 53.6 Å². The zero-order valence-electron chi connectivity index (χ0n) is 13.6. The van der Waals surface area contributed by atoms with Gasteiger partial charge in [-0.05, 0) is 42.2 Å². The summed E-state index contributed by atoms with van der Waals surface area (Å²) < 4.78 is 5.70. The Balaban J connectivity index is 0.00000264. The summed E-state index contributed by atoms with van der Waals surface area (Å²) in [5, 5.41) is 2.75. The number of anilines is 2. The first-order valence-corrected chi connectivity index (χ1v) is 7.35. The molecule has 124 valence electrons. The van der Waals surface area contributed by atoms with E-state index in [0.29, 0.717) is 17.3 Å². The number of nitrogens with one attached hydrogen (secondary N) is 1. The zero-order valence-corrected chi connectivity index (χ0v) is 14.4. The third-order valence-electron chi connectivity index (χ3n) is 3.38. The first-order chi connectivity index (χ1) is 10.5. The molecule has 0 aliphatic carbocycles. The van der Waals surface area contributed by atoms with E-state index in [1.54, 1.807) is 12.1 Å². The highest BCUT2D eigenvalue weighted by Gasteiger charge is 2.11. The Bertz CT molecular complexity index is 672. The molecule has 1 amide bonds. The average molecular weight is 335 g/mol. The van der Waals surface area contributed by atoms with Crippen LogP contribution in [0.4, 0.5) is 11.4 Å². The minimum atomic E-state index is -0.228. The van der Waals surface area contributed by atoms with Crippen molar-refractivity contribution in [3.8, 4) is 5.75 Å². The van der Waals surface area contributed by atoms with Crippen LogP contribution in [0.2, 0.25) is 0 Å². The highest BCUT2D eigenvalue weighted by molar-refractivity contribution is 5.94. The topological polar surface area (TPSA) is 64.3 Å². The van der Waals surface area contributed by atoms with Gasteiger partial charge >= 0.3 is 0 Å². The van der Waals surface area contributed by atoms with Gasteiger partial charge < -0.3 is 15.8 Å². The van der Waals surface area contributed by atoms with Crippen molar-refractivity contribution in [2.75, 3.05) is 17.7 Å². The number of ether oxygens (including phenoxy) is 1. The fourth-order valence-corrected chi connectivity index (χ4v) is 2.18. The van der Waals surface area contributed by atoms with Gasteiger partial charge in [0.1, 0.15) is 5.75 Å².